The van der Waals surface area contributed by atoms with E-state index in [4.69, 9.17) is 0 Å². The van der Waals surface area contributed by atoms with Crippen molar-refractivity contribution in [1.82, 2.24) is 14.3 Å². The van der Waals surface area contributed by atoms with Crippen LogP contribution in [0.2, 0.25) is 0 Å². The Kier molecular flexibility index (Phi) is 5.37. The van der Waals surface area contributed by atoms with E-state index in [9.17, 15) is 9.59 Å². The lowest BCUT2D eigenvalue weighted by atomic mass is 10.2. The van der Waals surface area contributed by atoms with Gasteiger partial charge in [0, 0.05) is 42.8 Å². The molecule has 0 unspecified atom stereocenters. The van der Waals surface area contributed by atoms with Crippen LogP contribution >= 0.6 is 11.3 Å². The smallest absolute Gasteiger partial charge is 0.259 e. The van der Waals surface area contributed by atoms with Gasteiger partial charge in [0.15, 0.2) is 4.96 Å². The van der Waals surface area contributed by atoms with Gasteiger partial charge in [0.25, 0.3) is 5.56 Å². The molecule has 0 aliphatic carbocycles. The summed E-state index contributed by atoms with van der Waals surface area (Å²) >= 11 is 1.47. The molecule has 3 rings (SSSR count). The highest BCUT2D eigenvalue weighted by atomic mass is 32.1. The van der Waals surface area contributed by atoms with Crippen molar-refractivity contribution in [2.24, 2.45) is 0 Å². The van der Waals surface area contributed by atoms with Crippen molar-refractivity contribution < 1.29 is 4.79 Å². The Morgan fingerprint density at radius 2 is 2.15 bits per heavy atom. The molecular weight excluding hydrogens is 348 g/mol. The van der Waals surface area contributed by atoms with Crippen LogP contribution in [0.5, 0.6) is 0 Å². The van der Waals surface area contributed by atoms with Crippen molar-refractivity contribution in [1.29, 1.82) is 0 Å². The lowest BCUT2D eigenvalue weighted by Crippen LogP contribution is -2.27. The second kappa shape index (κ2) is 7.70. The summed E-state index contributed by atoms with van der Waals surface area (Å²) in [6.07, 6.45) is 0. The number of fused-ring (bicyclic) bond motifs is 1. The summed E-state index contributed by atoms with van der Waals surface area (Å²) in [5.41, 5.74) is 3.55. The monoisotopic (exact) mass is 370 g/mol. The average molecular weight is 370 g/mol. The van der Waals surface area contributed by atoms with Gasteiger partial charge >= 0.3 is 0 Å². The highest BCUT2D eigenvalue weighted by molar-refractivity contribution is 7.15. The molecule has 0 bridgehead atoms. The van der Waals surface area contributed by atoms with Gasteiger partial charge in [0.05, 0.1) is 12.2 Å². The molecule has 1 N–H and O–H groups in total. The number of carbonyl (C=O) groups excluding carboxylic acids is 1. The van der Waals surface area contributed by atoms with Crippen molar-refractivity contribution in [2.45, 2.75) is 33.9 Å². The first kappa shape index (κ1) is 18.1. The molecular formula is C19H22N4O2S. The summed E-state index contributed by atoms with van der Waals surface area (Å²) in [5.74, 6) is 0.0649. The molecule has 0 spiro atoms. The molecule has 7 heteroatoms. The Labute approximate surface area is 156 Å². The molecule has 136 valence electrons. The van der Waals surface area contributed by atoms with Crippen LogP contribution < -0.4 is 10.9 Å². The fraction of sp³-hybridized carbons (Fsp3) is 0.316. The molecule has 1 aromatic carbocycles. The summed E-state index contributed by atoms with van der Waals surface area (Å²) < 4.78 is 1.62. The largest absolute Gasteiger partial charge is 0.379 e. The number of carbonyl (C=O) groups is 1. The maximum absolute atomic E-state index is 12.2. The van der Waals surface area contributed by atoms with Crippen molar-refractivity contribution in [3.05, 3.63) is 63.0 Å². The van der Waals surface area contributed by atoms with Gasteiger partial charge in [-0.3, -0.25) is 14.0 Å². The fourth-order valence-corrected chi connectivity index (χ4v) is 3.72. The average Bonchev–Trinajstić information content (AvgIpc) is 2.99. The number of aromatic nitrogens is 2. The van der Waals surface area contributed by atoms with E-state index in [0.29, 0.717) is 30.3 Å². The molecule has 0 saturated carbocycles. The fourth-order valence-electron chi connectivity index (χ4n) is 2.83. The summed E-state index contributed by atoms with van der Waals surface area (Å²) in [6.45, 7) is 7.18. The van der Waals surface area contributed by atoms with Crippen LogP contribution in [0.4, 0.5) is 5.69 Å². The summed E-state index contributed by atoms with van der Waals surface area (Å²) in [6, 6.07) is 9.51. The van der Waals surface area contributed by atoms with E-state index in [1.165, 1.54) is 11.3 Å². The third kappa shape index (κ3) is 3.94. The first-order valence-electron chi connectivity index (χ1n) is 8.53. The number of aryl methyl sites for hydroxylation is 1. The number of rotatable bonds is 6. The molecule has 0 saturated heterocycles. The van der Waals surface area contributed by atoms with Gasteiger partial charge in [0.1, 0.15) is 0 Å². The molecule has 6 nitrogen and oxygen atoms in total. The van der Waals surface area contributed by atoms with Gasteiger partial charge in [-0.15, -0.1) is 11.3 Å². The molecule has 0 atom stereocenters. The zero-order chi connectivity index (χ0) is 18.7. The predicted molar refractivity (Wildman–Crippen MR) is 105 cm³/mol. The van der Waals surface area contributed by atoms with Crippen LogP contribution in [0.25, 0.3) is 4.96 Å². The lowest BCUT2D eigenvalue weighted by Gasteiger charge is -2.19. The minimum absolute atomic E-state index is 0.0562. The van der Waals surface area contributed by atoms with Crippen molar-refractivity contribution in [3.63, 3.8) is 0 Å². The second-order valence-corrected chi connectivity index (χ2v) is 7.00. The summed E-state index contributed by atoms with van der Waals surface area (Å²) in [5, 5.41) is 5.24. The molecule has 1 amide bonds. The van der Waals surface area contributed by atoms with E-state index in [0.717, 1.165) is 16.9 Å². The number of nitrogens with one attached hydrogen (secondary N) is 1. The summed E-state index contributed by atoms with van der Waals surface area (Å²) in [7, 11) is 0. The maximum Gasteiger partial charge on any atom is 0.259 e. The van der Waals surface area contributed by atoms with Gasteiger partial charge in [-0.2, -0.15) is 0 Å². The quantitative estimate of drug-likeness (QED) is 0.724. The van der Waals surface area contributed by atoms with Crippen LogP contribution in [0, 0.1) is 6.92 Å². The Morgan fingerprint density at radius 3 is 2.88 bits per heavy atom. The molecule has 0 aliphatic heterocycles. The van der Waals surface area contributed by atoms with Gasteiger partial charge in [0.2, 0.25) is 5.91 Å². The predicted octanol–water partition coefficient (Wildman–Crippen LogP) is 3.04. The maximum atomic E-state index is 12.2. The molecule has 2 aromatic heterocycles. The summed E-state index contributed by atoms with van der Waals surface area (Å²) in [4.78, 5) is 30.9. The molecule has 0 radical (unpaired) electrons. The highest BCUT2D eigenvalue weighted by Crippen LogP contribution is 2.15. The van der Waals surface area contributed by atoms with Gasteiger partial charge in [-0.05, 0) is 31.5 Å². The van der Waals surface area contributed by atoms with Gasteiger partial charge in [-0.25, -0.2) is 4.98 Å². The van der Waals surface area contributed by atoms with Crippen molar-refractivity contribution >= 4 is 27.9 Å². The third-order valence-corrected chi connectivity index (χ3v) is 5.17. The SMILES string of the molecule is CCN(Cc1cccc(NCc2cc(=O)n3c(C)csc3n2)c1)C(C)=O. The van der Waals surface area contributed by atoms with E-state index in [1.807, 2.05) is 43.5 Å². The number of anilines is 1. The molecule has 3 aromatic rings. The zero-order valence-corrected chi connectivity index (χ0v) is 16.0. The van der Waals surface area contributed by atoms with E-state index >= 15 is 0 Å². The number of thiazole rings is 1. The lowest BCUT2D eigenvalue weighted by molar-refractivity contribution is -0.129. The van der Waals surface area contributed by atoms with Crippen LogP contribution in [0.15, 0.2) is 40.5 Å². The van der Waals surface area contributed by atoms with Crippen LogP contribution in [0.3, 0.4) is 0 Å². The minimum Gasteiger partial charge on any atom is -0.379 e. The molecule has 2 heterocycles. The van der Waals surface area contributed by atoms with E-state index < -0.39 is 0 Å². The first-order valence-corrected chi connectivity index (χ1v) is 9.41. The number of benzene rings is 1. The Balaban J connectivity index is 1.73. The second-order valence-electron chi connectivity index (χ2n) is 6.17. The third-order valence-electron chi connectivity index (χ3n) is 4.23. The van der Waals surface area contributed by atoms with Crippen LogP contribution in [-0.4, -0.2) is 26.7 Å². The molecule has 0 fully saturated rings. The van der Waals surface area contributed by atoms with E-state index in [2.05, 4.69) is 10.3 Å². The molecule has 26 heavy (non-hydrogen) atoms. The topological polar surface area (TPSA) is 66.7 Å². The van der Waals surface area contributed by atoms with Gasteiger partial charge < -0.3 is 10.2 Å². The Bertz CT molecular complexity index is 993. The van der Waals surface area contributed by atoms with E-state index in [-0.39, 0.29) is 11.5 Å². The first-order chi connectivity index (χ1) is 12.5. The Hall–Kier alpha value is -2.67. The van der Waals surface area contributed by atoms with Crippen LogP contribution in [0.1, 0.15) is 30.8 Å². The number of amides is 1. The standard InChI is InChI=1S/C19H22N4O2S/c1-4-22(14(3)24)11-15-6-5-7-16(8-15)20-10-17-9-18(25)23-13(2)12-26-19(23)21-17/h5-9,12,20H,4,10-11H2,1-3H3. The minimum atomic E-state index is -0.0562. The van der Waals surface area contributed by atoms with E-state index in [1.54, 1.807) is 22.3 Å². The van der Waals surface area contributed by atoms with Gasteiger partial charge in [-0.1, -0.05) is 12.1 Å². The van der Waals surface area contributed by atoms with Crippen molar-refractivity contribution in [2.75, 3.05) is 11.9 Å². The normalized spacial score (nSPS) is 10.9. The number of nitrogens with zero attached hydrogens (tertiary/aromatic N) is 3. The highest BCUT2D eigenvalue weighted by Gasteiger charge is 2.08. The number of hydrogen-bond donors (Lipinski definition) is 1. The van der Waals surface area contributed by atoms with Crippen LogP contribution in [-0.2, 0) is 17.9 Å². The Morgan fingerprint density at radius 1 is 1.35 bits per heavy atom. The van der Waals surface area contributed by atoms with Crippen molar-refractivity contribution in [3.8, 4) is 0 Å². The zero-order valence-electron chi connectivity index (χ0n) is 15.2. The molecule has 0 aliphatic rings. The number of hydrogen-bond acceptors (Lipinski definition) is 5.